The van der Waals surface area contributed by atoms with Crippen LogP contribution in [0.1, 0.15) is 57.9 Å². The van der Waals surface area contributed by atoms with Crippen molar-refractivity contribution in [2.45, 2.75) is 58.9 Å². The summed E-state index contributed by atoms with van der Waals surface area (Å²) < 4.78 is 50.9. The lowest BCUT2D eigenvalue weighted by molar-refractivity contribution is -0.147. The van der Waals surface area contributed by atoms with Gasteiger partial charge in [0.15, 0.2) is 25.0 Å². The van der Waals surface area contributed by atoms with E-state index in [9.17, 15) is 23.8 Å². The number of hydrogen-bond donors (Lipinski definition) is 2. The summed E-state index contributed by atoms with van der Waals surface area (Å²) in [5.41, 5.74) is -1.22. The van der Waals surface area contributed by atoms with Crippen molar-refractivity contribution in [3.8, 4) is 6.07 Å². The maximum atomic E-state index is 15.1. The summed E-state index contributed by atoms with van der Waals surface area (Å²) in [6.45, 7) is 2.11. The van der Waals surface area contributed by atoms with Crippen LogP contribution in [0.4, 0.5) is 14.7 Å². The van der Waals surface area contributed by atoms with Crippen molar-refractivity contribution in [2.75, 3.05) is 18.2 Å². The molecule has 0 bridgehead atoms. The van der Waals surface area contributed by atoms with Crippen molar-refractivity contribution >= 4 is 36.7 Å². The Morgan fingerprint density at radius 2 is 1.91 bits per heavy atom. The van der Waals surface area contributed by atoms with E-state index >= 15 is 4.39 Å². The minimum Gasteiger partial charge on any atom is -0.442 e. The summed E-state index contributed by atoms with van der Waals surface area (Å²) >= 11 is 0. The lowest BCUT2D eigenvalue weighted by Crippen LogP contribution is -2.36. The molecule has 0 atom stereocenters. The highest BCUT2D eigenvalue weighted by molar-refractivity contribution is 7.46. The molecule has 1 aromatic carbocycles. The van der Waals surface area contributed by atoms with Crippen LogP contribution in [0.3, 0.4) is 0 Å². The monoisotopic (exact) mass is 516 g/mol. The molecule has 0 saturated heterocycles. The number of nitriles is 1. The molecule has 0 spiro atoms. The van der Waals surface area contributed by atoms with Gasteiger partial charge in [-0.2, -0.15) is 5.26 Å². The average Bonchev–Trinajstić information content (AvgIpc) is 3.18. The van der Waals surface area contributed by atoms with Crippen molar-refractivity contribution in [1.82, 2.24) is 9.55 Å². The predicted octanol–water partition coefficient (Wildman–Crippen LogP) is 3.51. The summed E-state index contributed by atoms with van der Waals surface area (Å²) in [5.74, 6) is -3.87. The standard InChI is InChI=1S/C21H27F2N4O7P/c1-3-5-7-8-16(28)27(13-33-17(29)12-34-35(30,31)32)21-25-19-15(22)10-14(11-24)18(23)20(19)26(21)9-6-4-2/h10H,3-9,12-13H2,1-2H3,(H2,30,31,32). The Morgan fingerprint density at radius 3 is 2.51 bits per heavy atom. The molecule has 14 heteroatoms. The van der Waals surface area contributed by atoms with Crippen LogP contribution in [0, 0.1) is 23.0 Å². The van der Waals surface area contributed by atoms with E-state index < -0.39 is 55.8 Å². The highest BCUT2D eigenvalue weighted by atomic mass is 31.2. The molecule has 1 heterocycles. The smallest absolute Gasteiger partial charge is 0.442 e. The number of benzene rings is 1. The van der Waals surface area contributed by atoms with E-state index in [1.54, 1.807) is 6.07 Å². The predicted molar refractivity (Wildman–Crippen MR) is 120 cm³/mol. The quantitative estimate of drug-likeness (QED) is 0.176. The first-order valence-electron chi connectivity index (χ1n) is 11.0. The van der Waals surface area contributed by atoms with Gasteiger partial charge in [0.25, 0.3) is 0 Å². The van der Waals surface area contributed by atoms with Crippen LogP contribution in [-0.4, -0.2) is 44.6 Å². The summed E-state index contributed by atoms with van der Waals surface area (Å²) in [7, 11) is -4.93. The number of carbonyl (C=O) groups excluding carboxylic acids is 2. The van der Waals surface area contributed by atoms with Crippen molar-refractivity contribution in [3.05, 3.63) is 23.3 Å². The number of amides is 1. The molecule has 2 aromatic rings. The van der Waals surface area contributed by atoms with Crippen LogP contribution in [-0.2, 0) is 30.0 Å². The number of rotatable bonds is 13. The molecule has 0 aliphatic carbocycles. The molecule has 0 unspecified atom stereocenters. The lowest BCUT2D eigenvalue weighted by Gasteiger charge is -2.23. The van der Waals surface area contributed by atoms with E-state index in [0.717, 1.165) is 17.7 Å². The topological polar surface area (TPSA) is 155 Å². The number of unbranched alkanes of at least 4 members (excludes halogenated alkanes) is 3. The van der Waals surface area contributed by atoms with E-state index in [0.29, 0.717) is 25.3 Å². The van der Waals surface area contributed by atoms with Crippen LogP contribution in [0.5, 0.6) is 0 Å². The fraction of sp³-hybridized carbons (Fsp3) is 0.524. The van der Waals surface area contributed by atoms with Crippen LogP contribution in [0.2, 0.25) is 0 Å². The Hall–Kier alpha value is -2.91. The maximum absolute atomic E-state index is 15.1. The van der Waals surface area contributed by atoms with Gasteiger partial charge < -0.3 is 19.1 Å². The molecule has 0 radical (unpaired) electrons. The first-order chi connectivity index (χ1) is 16.5. The summed E-state index contributed by atoms with van der Waals surface area (Å²) in [4.78, 5) is 47.5. The molecule has 11 nitrogen and oxygen atoms in total. The van der Waals surface area contributed by atoms with E-state index in [1.165, 1.54) is 4.57 Å². The third-order valence-corrected chi connectivity index (χ3v) is 5.45. The highest BCUT2D eigenvalue weighted by Gasteiger charge is 2.28. The number of nitrogens with zero attached hydrogens (tertiary/aromatic N) is 4. The molecule has 1 aromatic heterocycles. The molecule has 2 N–H and O–H groups in total. The fourth-order valence-electron chi connectivity index (χ4n) is 3.25. The third kappa shape index (κ3) is 7.53. The van der Waals surface area contributed by atoms with Gasteiger partial charge in [0.2, 0.25) is 11.9 Å². The second kappa shape index (κ2) is 12.7. The van der Waals surface area contributed by atoms with Crippen molar-refractivity contribution in [3.63, 3.8) is 0 Å². The van der Waals surface area contributed by atoms with Crippen LogP contribution in [0.25, 0.3) is 11.0 Å². The van der Waals surface area contributed by atoms with Gasteiger partial charge in [-0.25, -0.2) is 28.0 Å². The zero-order chi connectivity index (χ0) is 26.2. The fourth-order valence-corrected chi connectivity index (χ4v) is 3.52. The molecular formula is C21H27F2N4O7P. The van der Waals surface area contributed by atoms with Gasteiger partial charge >= 0.3 is 13.8 Å². The Morgan fingerprint density at radius 1 is 1.23 bits per heavy atom. The van der Waals surface area contributed by atoms with Crippen molar-refractivity contribution in [2.24, 2.45) is 0 Å². The van der Waals surface area contributed by atoms with Gasteiger partial charge in [-0.15, -0.1) is 0 Å². The van der Waals surface area contributed by atoms with E-state index in [-0.39, 0.29) is 24.4 Å². The molecule has 0 aliphatic heterocycles. The SMILES string of the molecule is CCCCCC(=O)N(COC(=O)COP(=O)(O)O)c1nc2c(F)cc(C#N)c(F)c2n1CCCC. The van der Waals surface area contributed by atoms with Crippen molar-refractivity contribution < 1.29 is 42.0 Å². The minimum absolute atomic E-state index is 0.0236. The second-order valence-electron chi connectivity index (χ2n) is 7.63. The number of phosphoric ester groups is 1. The number of aryl methyl sites for hydroxylation is 1. The number of ether oxygens (including phenoxy) is 1. The van der Waals surface area contributed by atoms with Gasteiger partial charge in [0.1, 0.15) is 17.1 Å². The van der Waals surface area contributed by atoms with Crippen molar-refractivity contribution in [1.29, 1.82) is 5.26 Å². The van der Waals surface area contributed by atoms with E-state index in [1.807, 2.05) is 13.8 Å². The zero-order valence-corrected chi connectivity index (χ0v) is 20.3. The average molecular weight is 516 g/mol. The van der Waals surface area contributed by atoms with Gasteiger partial charge in [-0.05, 0) is 18.9 Å². The number of aromatic nitrogens is 2. The van der Waals surface area contributed by atoms with E-state index in [4.69, 9.17) is 14.5 Å². The molecule has 0 aliphatic rings. The molecule has 35 heavy (non-hydrogen) atoms. The summed E-state index contributed by atoms with van der Waals surface area (Å²) in [6.07, 6.45) is 3.25. The number of phosphoric acid groups is 1. The number of carbonyl (C=O) groups is 2. The van der Waals surface area contributed by atoms with Gasteiger partial charge in [-0.1, -0.05) is 33.1 Å². The van der Waals surface area contributed by atoms with Crippen LogP contribution in [0.15, 0.2) is 6.07 Å². The number of esters is 1. The first-order valence-corrected chi connectivity index (χ1v) is 12.5. The van der Waals surface area contributed by atoms with E-state index in [2.05, 4.69) is 9.51 Å². The highest BCUT2D eigenvalue weighted by Crippen LogP contribution is 2.35. The number of anilines is 1. The van der Waals surface area contributed by atoms with Gasteiger partial charge in [0, 0.05) is 13.0 Å². The summed E-state index contributed by atoms with van der Waals surface area (Å²) in [6, 6.07) is 2.30. The Balaban J connectivity index is 2.52. The maximum Gasteiger partial charge on any atom is 0.470 e. The minimum atomic E-state index is -4.93. The second-order valence-corrected chi connectivity index (χ2v) is 8.87. The van der Waals surface area contributed by atoms with Crippen LogP contribution >= 0.6 is 7.82 Å². The molecule has 0 saturated carbocycles. The molecular weight excluding hydrogens is 489 g/mol. The summed E-state index contributed by atoms with van der Waals surface area (Å²) in [5, 5.41) is 9.17. The lowest BCUT2D eigenvalue weighted by atomic mass is 10.2. The Labute approximate surface area is 200 Å². The number of hydrogen-bond acceptors (Lipinski definition) is 7. The molecule has 1 amide bonds. The number of imidazole rings is 1. The number of halogens is 2. The molecule has 2 rings (SSSR count). The number of fused-ring (bicyclic) bond motifs is 1. The Kier molecular flexibility index (Phi) is 10.3. The van der Waals surface area contributed by atoms with Crippen LogP contribution < -0.4 is 4.90 Å². The van der Waals surface area contributed by atoms with Gasteiger partial charge in [0.05, 0.1) is 5.56 Å². The normalized spacial score (nSPS) is 11.5. The van der Waals surface area contributed by atoms with Gasteiger partial charge in [-0.3, -0.25) is 9.32 Å². The zero-order valence-electron chi connectivity index (χ0n) is 19.4. The first kappa shape index (κ1) is 28.3. The molecule has 0 fully saturated rings. The molecule has 192 valence electrons. The third-order valence-electron chi connectivity index (χ3n) is 4.99. The largest absolute Gasteiger partial charge is 0.470 e. The Bertz CT molecular complexity index is 1160.